The molecule has 8 nitrogen and oxygen atoms in total. The molecule has 0 aliphatic heterocycles. The molecular weight excluding hydrogens is 469 g/mol. The number of nitrogens with zero attached hydrogens (tertiary/aromatic N) is 2. The van der Waals surface area contributed by atoms with Crippen LogP contribution in [0, 0.1) is 0 Å². The zero-order valence-electron chi connectivity index (χ0n) is 19.2. The molecular formula is C23H29Cl2N3O5. The second kappa shape index (κ2) is 13.2. The number of unbranched alkanes of at least 4 members (excludes halogenated alkanes) is 1. The van der Waals surface area contributed by atoms with Gasteiger partial charge in [-0.1, -0.05) is 23.2 Å². The quantitative estimate of drug-likeness (QED) is 0.333. The smallest absolute Gasteiger partial charge is 0.257 e. The molecule has 2 aromatic rings. The number of ketones is 1. The lowest BCUT2D eigenvalue weighted by molar-refractivity contribution is -0.123. The fraction of sp³-hybridized carbons (Fsp3) is 0.435. The summed E-state index contributed by atoms with van der Waals surface area (Å²) in [5.41, 5.74) is 0.671. The van der Waals surface area contributed by atoms with Gasteiger partial charge in [0.05, 0.1) is 29.8 Å². The molecule has 1 amide bonds. The summed E-state index contributed by atoms with van der Waals surface area (Å²) >= 11 is 12.3. The molecule has 0 saturated carbocycles. The first-order chi connectivity index (χ1) is 15.8. The van der Waals surface area contributed by atoms with Gasteiger partial charge in [-0.05, 0) is 45.6 Å². The number of rotatable bonds is 13. The van der Waals surface area contributed by atoms with Gasteiger partial charge in [0, 0.05) is 30.9 Å². The van der Waals surface area contributed by atoms with Crippen molar-refractivity contribution in [1.29, 1.82) is 0 Å². The number of hydrogen-bond acceptors (Lipinski definition) is 7. The summed E-state index contributed by atoms with van der Waals surface area (Å²) in [6.45, 7) is 1.20. The van der Waals surface area contributed by atoms with Crippen LogP contribution in [-0.4, -0.2) is 69.6 Å². The largest absolute Gasteiger partial charge is 0.493 e. The topological polar surface area (TPSA) is 90.0 Å². The second-order valence-electron chi connectivity index (χ2n) is 7.51. The normalized spacial score (nSPS) is 10.8. The predicted molar refractivity (Wildman–Crippen MR) is 128 cm³/mol. The number of carbonyl (C=O) groups is 2. The number of methoxy groups -OCH3 is 2. The monoisotopic (exact) mass is 497 g/mol. The van der Waals surface area contributed by atoms with Crippen LogP contribution in [0.4, 0.5) is 0 Å². The van der Waals surface area contributed by atoms with E-state index in [9.17, 15) is 9.59 Å². The zero-order chi connectivity index (χ0) is 24.4. The summed E-state index contributed by atoms with van der Waals surface area (Å²) < 4.78 is 16.5. The van der Waals surface area contributed by atoms with Gasteiger partial charge >= 0.3 is 0 Å². The van der Waals surface area contributed by atoms with Crippen LogP contribution in [0.1, 0.15) is 28.8 Å². The number of carbonyl (C=O) groups excluding carboxylic acids is 2. The number of amides is 1. The van der Waals surface area contributed by atoms with Crippen LogP contribution in [0.25, 0.3) is 0 Å². The highest BCUT2D eigenvalue weighted by molar-refractivity contribution is 6.36. The first-order valence-electron chi connectivity index (χ1n) is 10.4. The van der Waals surface area contributed by atoms with Crippen molar-refractivity contribution < 1.29 is 23.8 Å². The van der Waals surface area contributed by atoms with Crippen molar-refractivity contribution in [3.8, 4) is 17.2 Å². The van der Waals surface area contributed by atoms with Crippen LogP contribution in [0.5, 0.6) is 17.2 Å². The Morgan fingerprint density at radius 1 is 1.03 bits per heavy atom. The molecule has 0 radical (unpaired) electrons. The van der Waals surface area contributed by atoms with Crippen molar-refractivity contribution in [1.82, 2.24) is 15.2 Å². The summed E-state index contributed by atoms with van der Waals surface area (Å²) in [5, 5.41) is 3.38. The Balaban J connectivity index is 2.16. The number of hydrogen-bond donors (Lipinski definition) is 1. The first kappa shape index (κ1) is 26.7. The summed E-state index contributed by atoms with van der Waals surface area (Å²) in [4.78, 5) is 31.4. The van der Waals surface area contributed by atoms with Gasteiger partial charge in [-0.3, -0.25) is 14.6 Å². The van der Waals surface area contributed by atoms with E-state index in [2.05, 4.69) is 15.2 Å². The number of aromatic nitrogens is 1. The average molecular weight is 498 g/mol. The maximum absolute atomic E-state index is 13.1. The Morgan fingerprint density at radius 3 is 2.33 bits per heavy atom. The number of Topliss-reactive ketones (excluding diaryl/α,β-unsaturated/α-hetero) is 1. The van der Waals surface area contributed by atoms with Crippen molar-refractivity contribution in [3.05, 3.63) is 45.7 Å². The summed E-state index contributed by atoms with van der Waals surface area (Å²) in [6.07, 6.45) is 4.58. The third-order valence-electron chi connectivity index (χ3n) is 4.79. The van der Waals surface area contributed by atoms with E-state index in [-0.39, 0.29) is 51.8 Å². The molecule has 0 unspecified atom stereocenters. The Hall–Kier alpha value is -2.55. The molecule has 2 rings (SSSR count). The molecule has 0 aliphatic carbocycles. The van der Waals surface area contributed by atoms with E-state index < -0.39 is 0 Å². The van der Waals surface area contributed by atoms with Crippen molar-refractivity contribution >= 4 is 34.9 Å². The van der Waals surface area contributed by atoms with Gasteiger partial charge in [0.2, 0.25) is 5.75 Å². The first-order valence-corrected chi connectivity index (χ1v) is 11.1. The van der Waals surface area contributed by atoms with E-state index in [1.54, 1.807) is 12.1 Å². The van der Waals surface area contributed by atoms with Crippen LogP contribution in [0.3, 0.4) is 0 Å². The standard InChI is InChI=1S/C23H29Cl2N3O5/c1-28(2)10-6-5-9-27-21(30)14-33-22-15(7-8-20(31-3)23(22)32-4)19(29)11-16-17(24)12-26-13-18(16)25/h7-8,12-13H,5-6,9-11,14H2,1-4H3,(H,27,30). The van der Waals surface area contributed by atoms with E-state index in [1.807, 2.05) is 14.1 Å². The number of benzene rings is 1. The Morgan fingerprint density at radius 2 is 1.73 bits per heavy atom. The molecule has 10 heteroatoms. The third-order valence-corrected chi connectivity index (χ3v) is 5.44. The Kier molecular flexibility index (Phi) is 10.7. The SMILES string of the molecule is COc1ccc(C(=O)Cc2c(Cl)cncc2Cl)c(OCC(=O)NCCCCN(C)C)c1OC. The van der Waals surface area contributed by atoms with Gasteiger partial charge in [0.1, 0.15) is 0 Å². The van der Waals surface area contributed by atoms with Gasteiger partial charge in [-0.15, -0.1) is 0 Å². The molecule has 0 fully saturated rings. The molecule has 0 saturated heterocycles. The maximum Gasteiger partial charge on any atom is 0.257 e. The van der Waals surface area contributed by atoms with Crippen molar-refractivity contribution in [2.24, 2.45) is 0 Å². The lowest BCUT2D eigenvalue weighted by atomic mass is 10.0. The lowest BCUT2D eigenvalue weighted by Gasteiger charge is -2.17. The summed E-state index contributed by atoms with van der Waals surface area (Å²) in [5.74, 6) is 0.0847. The van der Waals surface area contributed by atoms with Crippen LogP contribution >= 0.6 is 23.2 Å². The van der Waals surface area contributed by atoms with E-state index in [0.717, 1.165) is 19.4 Å². The van der Waals surface area contributed by atoms with E-state index in [0.29, 0.717) is 17.9 Å². The minimum absolute atomic E-state index is 0.0793. The van der Waals surface area contributed by atoms with E-state index in [4.69, 9.17) is 37.4 Å². The van der Waals surface area contributed by atoms with Crippen LogP contribution in [-0.2, 0) is 11.2 Å². The van der Waals surface area contributed by atoms with Crippen molar-refractivity contribution in [2.75, 3.05) is 48.0 Å². The minimum Gasteiger partial charge on any atom is -0.493 e. The van der Waals surface area contributed by atoms with Gasteiger partial charge in [-0.25, -0.2) is 0 Å². The highest BCUT2D eigenvalue weighted by atomic mass is 35.5. The molecule has 180 valence electrons. The molecule has 1 heterocycles. The zero-order valence-corrected chi connectivity index (χ0v) is 20.8. The van der Waals surface area contributed by atoms with Crippen LogP contribution in [0.15, 0.2) is 24.5 Å². The van der Waals surface area contributed by atoms with E-state index in [1.165, 1.54) is 26.6 Å². The minimum atomic E-state index is -0.315. The fourth-order valence-electron chi connectivity index (χ4n) is 3.09. The highest BCUT2D eigenvalue weighted by Gasteiger charge is 2.23. The van der Waals surface area contributed by atoms with Crippen LogP contribution < -0.4 is 19.5 Å². The van der Waals surface area contributed by atoms with Crippen LogP contribution in [0.2, 0.25) is 10.0 Å². The number of pyridine rings is 1. The van der Waals surface area contributed by atoms with Crippen molar-refractivity contribution in [3.63, 3.8) is 0 Å². The van der Waals surface area contributed by atoms with Gasteiger partial charge < -0.3 is 24.4 Å². The molecule has 0 spiro atoms. The predicted octanol–water partition coefficient (Wildman–Crippen LogP) is 3.67. The molecule has 0 aliphatic rings. The molecule has 1 N–H and O–H groups in total. The molecule has 33 heavy (non-hydrogen) atoms. The highest BCUT2D eigenvalue weighted by Crippen LogP contribution is 2.40. The number of ether oxygens (including phenoxy) is 3. The maximum atomic E-state index is 13.1. The number of nitrogens with one attached hydrogen (secondary N) is 1. The van der Waals surface area contributed by atoms with Gasteiger partial charge in [0.15, 0.2) is 23.9 Å². The molecule has 1 aromatic carbocycles. The van der Waals surface area contributed by atoms with Gasteiger partial charge in [-0.2, -0.15) is 0 Å². The molecule has 0 bridgehead atoms. The summed E-state index contributed by atoms with van der Waals surface area (Å²) in [6, 6.07) is 3.15. The average Bonchev–Trinajstić information content (AvgIpc) is 2.78. The van der Waals surface area contributed by atoms with Crippen molar-refractivity contribution in [2.45, 2.75) is 19.3 Å². The number of halogens is 2. The lowest BCUT2D eigenvalue weighted by Crippen LogP contribution is -2.30. The fourth-order valence-corrected chi connectivity index (χ4v) is 3.59. The summed E-state index contributed by atoms with van der Waals surface area (Å²) in [7, 11) is 6.91. The third kappa shape index (κ3) is 7.77. The van der Waals surface area contributed by atoms with Gasteiger partial charge in [0.25, 0.3) is 5.91 Å². The Bertz CT molecular complexity index is 949. The second-order valence-corrected chi connectivity index (χ2v) is 8.32. The molecule has 0 atom stereocenters. The molecule has 1 aromatic heterocycles. The van der Waals surface area contributed by atoms with E-state index >= 15 is 0 Å². The Labute approximate surface area is 204 Å².